The van der Waals surface area contributed by atoms with Gasteiger partial charge in [-0.1, -0.05) is 4.98 Å². The minimum Gasteiger partial charge on any atom is -0.329 e. The smallest absolute Gasteiger partial charge is 0.329 e. The summed E-state index contributed by atoms with van der Waals surface area (Å²) in [6.45, 7) is 0. The average molecular weight is 399 g/mol. The van der Waals surface area contributed by atoms with Crippen LogP contribution in [0.5, 0.6) is 0 Å². The van der Waals surface area contributed by atoms with E-state index < -0.39 is 0 Å². The highest BCUT2D eigenvalue weighted by Crippen LogP contribution is 2.27. The lowest BCUT2D eigenvalue weighted by atomic mass is 10.2. The summed E-state index contributed by atoms with van der Waals surface area (Å²) in [6.07, 6.45) is 3.69. The Bertz CT molecular complexity index is 1480. The molecule has 29 heavy (non-hydrogen) atoms. The molecular weight excluding hydrogens is 384 g/mol. The predicted octanol–water partition coefficient (Wildman–Crippen LogP) is 4.35. The van der Waals surface area contributed by atoms with E-state index in [-0.39, 0.29) is 0 Å². The minimum absolute atomic E-state index is 0.625. The van der Waals surface area contributed by atoms with Gasteiger partial charge in [0.1, 0.15) is 0 Å². The van der Waals surface area contributed by atoms with Crippen molar-refractivity contribution in [2.75, 3.05) is 10.6 Å². The molecule has 140 valence electrons. The molecule has 0 aliphatic heterocycles. The number of nitrogens with zero attached hydrogens (tertiary/aromatic N) is 3. The van der Waals surface area contributed by atoms with Gasteiger partial charge in [-0.15, -0.1) is 11.3 Å². The maximum atomic E-state index is 4.76. The van der Waals surface area contributed by atoms with Gasteiger partial charge in [0, 0.05) is 17.3 Å². The molecule has 0 atom stereocenters. The summed E-state index contributed by atoms with van der Waals surface area (Å²) in [4.78, 5) is 15.6. The maximum Gasteiger partial charge on any atom is 0.351 e. The first-order chi connectivity index (χ1) is 14.3. The molecule has 0 radical (unpaired) electrons. The standard InChI is InChI=1S/C20H14N8S/c1-2-12(7-16-11(1)9-23-28-16)25-20-26-18-14(5-6-21-18)19(27-20)24-13-3-4-15-17(8-13)29-10-22-15/h1-10H,(H,23,28)(H3,21,24,25,26,27)/p+1. The van der Waals surface area contributed by atoms with Gasteiger partial charge in [-0.3, -0.25) is 15.4 Å². The van der Waals surface area contributed by atoms with Crippen molar-refractivity contribution in [2.24, 2.45) is 0 Å². The number of hydrogen-bond donors (Lipinski definition) is 4. The summed E-state index contributed by atoms with van der Waals surface area (Å²) in [5.41, 5.74) is 6.57. The highest BCUT2D eigenvalue weighted by atomic mass is 32.1. The van der Waals surface area contributed by atoms with Crippen LogP contribution in [0, 0.1) is 0 Å². The quantitative estimate of drug-likeness (QED) is 0.352. The fourth-order valence-electron chi connectivity index (χ4n) is 3.36. The van der Waals surface area contributed by atoms with E-state index in [1.165, 1.54) is 0 Å². The molecule has 0 unspecified atom stereocenters. The lowest BCUT2D eigenvalue weighted by molar-refractivity contribution is -0.333. The third kappa shape index (κ3) is 2.84. The molecule has 0 amide bonds. The molecule has 6 aromatic rings. The Morgan fingerprint density at radius 2 is 1.93 bits per heavy atom. The lowest BCUT2D eigenvalue weighted by Gasteiger charge is -2.06. The van der Waals surface area contributed by atoms with Crippen LogP contribution >= 0.6 is 11.3 Å². The summed E-state index contributed by atoms with van der Waals surface area (Å²) >= 11 is 1.62. The molecule has 0 spiro atoms. The maximum absolute atomic E-state index is 4.76. The zero-order valence-electron chi connectivity index (χ0n) is 15.0. The number of nitrogens with one attached hydrogen (secondary N) is 5. The van der Waals surface area contributed by atoms with Gasteiger partial charge in [-0.25, -0.2) is 9.97 Å². The number of anilines is 4. The minimum atomic E-state index is 0.625. The van der Waals surface area contributed by atoms with Crippen molar-refractivity contribution >= 4 is 66.6 Å². The van der Waals surface area contributed by atoms with Gasteiger partial charge >= 0.3 is 5.95 Å². The van der Waals surface area contributed by atoms with Crippen molar-refractivity contribution in [3.05, 3.63) is 60.4 Å². The van der Waals surface area contributed by atoms with Crippen molar-refractivity contribution in [3.63, 3.8) is 0 Å². The van der Waals surface area contributed by atoms with Crippen molar-refractivity contribution in [1.29, 1.82) is 0 Å². The number of aromatic amines is 3. The van der Waals surface area contributed by atoms with Crippen molar-refractivity contribution < 1.29 is 4.98 Å². The van der Waals surface area contributed by atoms with E-state index in [0.29, 0.717) is 5.95 Å². The molecule has 8 nitrogen and oxygen atoms in total. The van der Waals surface area contributed by atoms with Gasteiger partial charge in [0.2, 0.25) is 11.5 Å². The summed E-state index contributed by atoms with van der Waals surface area (Å²) < 4.78 is 1.13. The van der Waals surface area contributed by atoms with Crippen LogP contribution in [0.4, 0.5) is 23.1 Å². The zero-order valence-corrected chi connectivity index (χ0v) is 15.8. The van der Waals surface area contributed by atoms with Crippen LogP contribution in [0.2, 0.25) is 0 Å². The highest BCUT2D eigenvalue weighted by Gasteiger charge is 2.15. The number of fused-ring (bicyclic) bond motifs is 3. The van der Waals surface area contributed by atoms with Crippen molar-refractivity contribution in [2.45, 2.75) is 0 Å². The van der Waals surface area contributed by atoms with E-state index in [0.717, 1.165) is 49.3 Å². The van der Waals surface area contributed by atoms with E-state index in [1.807, 2.05) is 48.1 Å². The number of rotatable bonds is 4. The van der Waals surface area contributed by atoms with Crippen molar-refractivity contribution in [1.82, 2.24) is 25.1 Å². The van der Waals surface area contributed by atoms with Crippen LogP contribution in [0.3, 0.4) is 0 Å². The van der Waals surface area contributed by atoms with E-state index in [4.69, 9.17) is 4.98 Å². The second kappa shape index (κ2) is 6.28. The number of aromatic nitrogens is 6. The zero-order chi connectivity index (χ0) is 19.2. The molecule has 0 saturated heterocycles. The molecule has 9 heteroatoms. The third-order valence-corrected chi connectivity index (χ3v) is 5.56. The molecule has 5 N–H and O–H groups in total. The molecule has 0 fully saturated rings. The summed E-state index contributed by atoms with van der Waals surface area (Å²) in [6, 6.07) is 14.1. The van der Waals surface area contributed by atoms with E-state index in [1.54, 1.807) is 17.5 Å². The SMILES string of the molecule is c1cc2c(Nc3ccc4ncsc4c3)nc(Nc3ccc4cn[nH]c4c3)[nH+]c2[nH]1. The fourth-order valence-corrected chi connectivity index (χ4v) is 4.08. The van der Waals surface area contributed by atoms with E-state index in [2.05, 4.69) is 41.8 Å². The summed E-state index contributed by atoms with van der Waals surface area (Å²) in [5, 5.41) is 15.9. The summed E-state index contributed by atoms with van der Waals surface area (Å²) in [5.74, 6) is 1.38. The van der Waals surface area contributed by atoms with Crippen LogP contribution < -0.4 is 15.6 Å². The van der Waals surface area contributed by atoms with Gasteiger partial charge in [0.05, 0.1) is 38.5 Å². The van der Waals surface area contributed by atoms with E-state index in [9.17, 15) is 0 Å². The first-order valence-electron chi connectivity index (χ1n) is 9.03. The molecule has 4 aromatic heterocycles. The van der Waals surface area contributed by atoms with Gasteiger partial charge in [0.25, 0.3) is 0 Å². The van der Waals surface area contributed by atoms with Gasteiger partial charge in [0.15, 0.2) is 0 Å². The van der Waals surface area contributed by atoms with Gasteiger partial charge in [-0.05, 0) is 42.5 Å². The Labute approximate surface area is 168 Å². The van der Waals surface area contributed by atoms with E-state index >= 15 is 0 Å². The molecule has 0 aliphatic rings. The molecule has 6 rings (SSSR count). The Morgan fingerprint density at radius 3 is 2.93 bits per heavy atom. The van der Waals surface area contributed by atoms with Crippen LogP contribution in [0.15, 0.2) is 60.4 Å². The highest BCUT2D eigenvalue weighted by molar-refractivity contribution is 7.16. The van der Waals surface area contributed by atoms with Crippen LogP contribution in [0.1, 0.15) is 0 Å². The van der Waals surface area contributed by atoms with Crippen LogP contribution in [0.25, 0.3) is 32.2 Å². The monoisotopic (exact) mass is 399 g/mol. The molecule has 0 bridgehead atoms. The first-order valence-corrected chi connectivity index (χ1v) is 9.91. The largest absolute Gasteiger partial charge is 0.351 e. The second-order valence-electron chi connectivity index (χ2n) is 6.66. The number of benzene rings is 2. The number of hydrogen-bond acceptors (Lipinski definition) is 6. The Morgan fingerprint density at radius 1 is 1.00 bits per heavy atom. The topological polar surface area (TPSA) is 108 Å². The van der Waals surface area contributed by atoms with Crippen LogP contribution in [-0.4, -0.2) is 25.1 Å². The van der Waals surface area contributed by atoms with Gasteiger partial charge < -0.3 is 5.32 Å². The van der Waals surface area contributed by atoms with Crippen molar-refractivity contribution in [3.8, 4) is 0 Å². The first kappa shape index (κ1) is 16.0. The average Bonchev–Trinajstić information content (AvgIpc) is 3.47. The molecule has 2 aromatic carbocycles. The summed E-state index contributed by atoms with van der Waals surface area (Å²) in [7, 11) is 0. The predicted molar refractivity (Wildman–Crippen MR) is 115 cm³/mol. The molecule has 4 heterocycles. The Kier molecular flexibility index (Phi) is 3.47. The normalized spacial score (nSPS) is 11.4. The molecule has 0 saturated carbocycles. The lowest BCUT2D eigenvalue weighted by Crippen LogP contribution is -2.15. The molecular formula is C20H15N8S+. The fraction of sp³-hybridized carbons (Fsp3) is 0. The molecule has 0 aliphatic carbocycles. The second-order valence-corrected chi connectivity index (χ2v) is 7.54. The van der Waals surface area contributed by atoms with Crippen LogP contribution in [-0.2, 0) is 0 Å². The number of thiazole rings is 1. The number of H-pyrrole nitrogens is 3. The van der Waals surface area contributed by atoms with Gasteiger partial charge in [-0.2, -0.15) is 5.10 Å². The third-order valence-electron chi connectivity index (χ3n) is 4.77. The Balaban J connectivity index is 1.38. The Hall–Kier alpha value is -3.98.